The fourth-order valence-electron chi connectivity index (χ4n) is 3.55. The number of pyridine rings is 1. The molecule has 1 atom stereocenters. The largest absolute Gasteiger partial charge is 0.481 e. The number of alkyl halides is 1. The van der Waals surface area contributed by atoms with Crippen LogP contribution in [0, 0.1) is 0 Å². The van der Waals surface area contributed by atoms with Gasteiger partial charge in [0.25, 0.3) is 0 Å². The summed E-state index contributed by atoms with van der Waals surface area (Å²) in [7, 11) is 1.59. The van der Waals surface area contributed by atoms with Crippen molar-refractivity contribution in [2.24, 2.45) is 0 Å². The molecule has 0 aliphatic carbocycles. The van der Waals surface area contributed by atoms with Gasteiger partial charge in [0, 0.05) is 42.5 Å². The van der Waals surface area contributed by atoms with Gasteiger partial charge >= 0.3 is 0 Å². The minimum absolute atomic E-state index is 0.313. The molecule has 144 valence electrons. The van der Waals surface area contributed by atoms with Gasteiger partial charge in [-0.3, -0.25) is 0 Å². The van der Waals surface area contributed by atoms with Crippen LogP contribution in [0.15, 0.2) is 63.5 Å². The fourth-order valence-corrected chi connectivity index (χ4v) is 4.27. The van der Waals surface area contributed by atoms with Crippen LogP contribution in [0.4, 0.5) is 4.39 Å². The van der Waals surface area contributed by atoms with Gasteiger partial charge in [-0.2, -0.15) is 0 Å². The van der Waals surface area contributed by atoms with Gasteiger partial charge in [-0.05, 0) is 55.3 Å². The van der Waals surface area contributed by atoms with Gasteiger partial charge in [-0.25, -0.2) is 9.37 Å². The molecule has 2 aromatic heterocycles. The molecule has 4 aromatic rings. The molecule has 0 bridgehead atoms. The second-order valence-electron chi connectivity index (χ2n) is 6.74. The summed E-state index contributed by atoms with van der Waals surface area (Å²) in [5, 5.41) is 2.24. The Hall–Kier alpha value is -1.92. The summed E-state index contributed by atoms with van der Waals surface area (Å²) in [5.74, 6) is 0.562. The van der Waals surface area contributed by atoms with Crippen LogP contribution in [0.2, 0.25) is 0 Å². The third kappa shape index (κ3) is 3.94. The number of aryl methyl sites for hydroxylation is 1. The van der Waals surface area contributed by atoms with Gasteiger partial charge in [-0.1, -0.05) is 37.9 Å². The first-order valence-corrected chi connectivity index (χ1v) is 10.6. The highest BCUT2D eigenvalue weighted by Gasteiger charge is 2.16. The quantitative estimate of drug-likeness (QED) is 0.291. The zero-order valence-corrected chi connectivity index (χ0v) is 18.5. The standard InChI is InChI=1S/C22H19Br2FN2O/c1-28-22-4-2-3-17(26-22)8-7-16(25)13-27-20-9-5-14(23)11-18(20)19-12-15(24)6-10-21(19)27/h2-6,9-12,16H,7-8,13H2,1H3/t16-/m0/s1. The predicted molar refractivity (Wildman–Crippen MR) is 119 cm³/mol. The number of methoxy groups -OCH3 is 1. The molecule has 0 fully saturated rings. The van der Waals surface area contributed by atoms with E-state index in [1.54, 1.807) is 13.2 Å². The highest BCUT2D eigenvalue weighted by atomic mass is 79.9. The average Bonchev–Trinajstić information content (AvgIpc) is 2.99. The van der Waals surface area contributed by atoms with E-state index in [1.807, 2.05) is 36.4 Å². The van der Waals surface area contributed by atoms with E-state index in [-0.39, 0.29) is 0 Å². The van der Waals surface area contributed by atoms with Crippen molar-refractivity contribution in [1.82, 2.24) is 9.55 Å². The Bertz CT molecular complexity index is 1080. The summed E-state index contributed by atoms with van der Waals surface area (Å²) >= 11 is 7.09. The van der Waals surface area contributed by atoms with E-state index in [0.717, 1.165) is 36.4 Å². The van der Waals surface area contributed by atoms with Gasteiger partial charge in [-0.15, -0.1) is 0 Å². The summed E-state index contributed by atoms with van der Waals surface area (Å²) in [4.78, 5) is 4.37. The number of fused-ring (bicyclic) bond motifs is 3. The number of hydrogen-bond donors (Lipinski definition) is 0. The van der Waals surface area contributed by atoms with Gasteiger partial charge in [0.05, 0.1) is 13.7 Å². The molecule has 0 aliphatic heterocycles. The third-order valence-electron chi connectivity index (χ3n) is 4.87. The van der Waals surface area contributed by atoms with Crippen molar-refractivity contribution in [1.29, 1.82) is 0 Å². The predicted octanol–water partition coefficient (Wildman–Crippen LogP) is 6.69. The average molecular weight is 506 g/mol. The molecule has 0 unspecified atom stereocenters. The molecule has 0 N–H and O–H groups in total. The zero-order valence-electron chi connectivity index (χ0n) is 15.3. The molecule has 28 heavy (non-hydrogen) atoms. The van der Waals surface area contributed by atoms with Crippen molar-refractivity contribution in [3.8, 4) is 5.88 Å². The van der Waals surface area contributed by atoms with Crippen molar-refractivity contribution < 1.29 is 9.13 Å². The summed E-state index contributed by atoms with van der Waals surface area (Å²) in [6.07, 6.45) is 0.0140. The summed E-state index contributed by atoms with van der Waals surface area (Å²) in [6, 6.07) is 17.9. The monoisotopic (exact) mass is 504 g/mol. The van der Waals surface area contributed by atoms with Crippen molar-refractivity contribution in [2.75, 3.05) is 7.11 Å². The first-order chi connectivity index (χ1) is 13.5. The number of hydrogen-bond acceptors (Lipinski definition) is 2. The van der Waals surface area contributed by atoms with Gasteiger partial charge < -0.3 is 9.30 Å². The van der Waals surface area contributed by atoms with Crippen LogP contribution in [0.1, 0.15) is 12.1 Å². The molecule has 4 rings (SSSR count). The molecule has 0 aliphatic rings. The number of halogens is 3. The highest BCUT2D eigenvalue weighted by molar-refractivity contribution is 9.10. The lowest BCUT2D eigenvalue weighted by molar-refractivity contribution is 0.283. The van der Waals surface area contributed by atoms with Gasteiger partial charge in [0.2, 0.25) is 5.88 Å². The van der Waals surface area contributed by atoms with Crippen LogP contribution in [0.25, 0.3) is 21.8 Å². The minimum Gasteiger partial charge on any atom is -0.481 e. The van der Waals surface area contributed by atoms with E-state index in [1.165, 1.54) is 0 Å². The van der Waals surface area contributed by atoms with Crippen LogP contribution in [-0.4, -0.2) is 22.8 Å². The van der Waals surface area contributed by atoms with Crippen molar-refractivity contribution >= 4 is 53.7 Å². The fraction of sp³-hybridized carbons (Fsp3) is 0.227. The summed E-state index contributed by atoms with van der Waals surface area (Å²) < 4.78 is 24.2. The molecule has 2 aromatic carbocycles. The van der Waals surface area contributed by atoms with Crippen LogP contribution < -0.4 is 4.74 Å². The Morgan fingerprint density at radius 3 is 2.25 bits per heavy atom. The van der Waals surface area contributed by atoms with Crippen molar-refractivity contribution in [3.05, 3.63) is 69.2 Å². The highest BCUT2D eigenvalue weighted by Crippen LogP contribution is 2.33. The third-order valence-corrected chi connectivity index (χ3v) is 5.86. The second kappa shape index (κ2) is 8.21. The molecular weight excluding hydrogens is 487 g/mol. The lowest BCUT2D eigenvalue weighted by Gasteiger charge is -2.12. The molecule has 0 spiro atoms. The SMILES string of the molecule is COc1cccc(CC[C@H](F)Cn2c3ccc(Br)cc3c3cc(Br)ccc32)n1. The maximum absolute atomic E-state index is 15.0. The van der Waals surface area contributed by atoms with E-state index >= 15 is 0 Å². The maximum atomic E-state index is 15.0. The van der Waals surface area contributed by atoms with Crippen LogP contribution in [0.5, 0.6) is 5.88 Å². The summed E-state index contributed by atoms with van der Waals surface area (Å²) in [6.45, 7) is 0.313. The van der Waals surface area contributed by atoms with E-state index in [4.69, 9.17) is 4.74 Å². The molecule has 0 amide bonds. The smallest absolute Gasteiger partial charge is 0.213 e. The van der Waals surface area contributed by atoms with Crippen molar-refractivity contribution in [3.63, 3.8) is 0 Å². The van der Waals surface area contributed by atoms with Crippen LogP contribution >= 0.6 is 31.9 Å². The first-order valence-electron chi connectivity index (χ1n) is 9.06. The Kier molecular flexibility index (Phi) is 5.69. The maximum Gasteiger partial charge on any atom is 0.213 e. The molecule has 0 saturated heterocycles. The number of nitrogens with zero attached hydrogens (tertiary/aromatic N) is 2. The van der Waals surface area contributed by atoms with Gasteiger partial charge in [0.15, 0.2) is 0 Å². The number of rotatable bonds is 6. The Labute approximate surface area is 179 Å². The van der Waals surface area contributed by atoms with Crippen LogP contribution in [0.3, 0.4) is 0 Å². The topological polar surface area (TPSA) is 27.1 Å². The molecular formula is C22H19Br2FN2O. The lowest BCUT2D eigenvalue weighted by Crippen LogP contribution is -2.12. The van der Waals surface area contributed by atoms with Crippen LogP contribution in [-0.2, 0) is 13.0 Å². The lowest BCUT2D eigenvalue weighted by atomic mass is 10.1. The molecule has 0 radical (unpaired) electrons. The number of ether oxygens (including phenoxy) is 1. The van der Waals surface area contributed by atoms with E-state index in [9.17, 15) is 4.39 Å². The second-order valence-corrected chi connectivity index (χ2v) is 8.57. The minimum atomic E-state index is -0.973. The Morgan fingerprint density at radius 1 is 1.00 bits per heavy atom. The molecule has 0 saturated carbocycles. The number of benzene rings is 2. The number of aromatic nitrogens is 2. The van der Waals surface area contributed by atoms with Gasteiger partial charge in [0.1, 0.15) is 6.17 Å². The van der Waals surface area contributed by atoms with E-state index in [0.29, 0.717) is 25.3 Å². The zero-order chi connectivity index (χ0) is 19.7. The Morgan fingerprint density at radius 2 is 1.64 bits per heavy atom. The molecule has 3 nitrogen and oxygen atoms in total. The van der Waals surface area contributed by atoms with E-state index in [2.05, 4.69) is 53.5 Å². The van der Waals surface area contributed by atoms with Crippen molar-refractivity contribution in [2.45, 2.75) is 25.6 Å². The summed E-state index contributed by atoms with van der Waals surface area (Å²) in [5.41, 5.74) is 2.92. The molecule has 6 heteroatoms. The first kappa shape index (κ1) is 19.4. The Balaban J connectivity index is 1.61. The molecule has 2 heterocycles. The van der Waals surface area contributed by atoms with E-state index < -0.39 is 6.17 Å². The normalized spacial score (nSPS) is 12.6.